The predicted octanol–water partition coefficient (Wildman–Crippen LogP) is 5.91. The monoisotopic (exact) mass is 384 g/mol. The van der Waals surface area contributed by atoms with Crippen molar-refractivity contribution >= 4 is 46.2 Å². The molecule has 0 unspecified atom stereocenters. The number of benzene rings is 2. The average molecular weight is 385 g/mol. The molecule has 26 heavy (non-hydrogen) atoms. The molecule has 0 atom stereocenters. The number of rotatable bonds is 4. The Hall–Kier alpha value is -2.04. The van der Waals surface area contributed by atoms with Gasteiger partial charge in [0.1, 0.15) is 0 Å². The lowest BCUT2D eigenvalue weighted by Crippen LogP contribution is -2.32. The molecule has 1 saturated heterocycles. The number of carbonyl (C=O) groups is 1. The van der Waals surface area contributed by atoms with Crippen molar-refractivity contribution in [3.63, 3.8) is 0 Å². The summed E-state index contributed by atoms with van der Waals surface area (Å²) >= 11 is 7.64. The molecule has 0 N–H and O–H groups in total. The number of halogens is 1. The summed E-state index contributed by atoms with van der Waals surface area (Å²) in [6, 6.07) is 15.5. The van der Waals surface area contributed by atoms with Crippen LogP contribution in [0.1, 0.15) is 25.0 Å². The molecular formula is C21H21ClN2OS. The fourth-order valence-electron chi connectivity index (χ4n) is 2.58. The molecule has 1 fully saturated rings. The van der Waals surface area contributed by atoms with E-state index in [1.807, 2.05) is 55.5 Å². The number of thioether (sulfide) groups is 1. The van der Waals surface area contributed by atoms with Gasteiger partial charge in [0.25, 0.3) is 5.91 Å². The van der Waals surface area contributed by atoms with E-state index in [2.05, 4.69) is 18.8 Å². The molecule has 2 aromatic carbocycles. The van der Waals surface area contributed by atoms with Gasteiger partial charge in [-0.05, 0) is 48.4 Å². The van der Waals surface area contributed by atoms with E-state index < -0.39 is 0 Å². The smallest absolute Gasteiger partial charge is 0.266 e. The molecule has 0 bridgehead atoms. The Balaban J connectivity index is 1.97. The zero-order valence-corrected chi connectivity index (χ0v) is 16.6. The first-order chi connectivity index (χ1) is 12.4. The standard InChI is InChI=1S/C21H21ClN2OS/c1-14(2)13-24-20(25)19(12-16-10-8-15(3)9-11-16)26-21(24)23-18-7-5-4-6-17(18)22/h4-12,14H,13H2,1-3H3/b19-12-,23-21?. The predicted molar refractivity (Wildman–Crippen MR) is 112 cm³/mol. The minimum Gasteiger partial charge on any atom is -0.286 e. The van der Waals surface area contributed by atoms with Gasteiger partial charge in [0.05, 0.1) is 15.6 Å². The summed E-state index contributed by atoms with van der Waals surface area (Å²) in [4.78, 5) is 20.0. The molecule has 1 heterocycles. The molecule has 0 radical (unpaired) electrons. The number of aryl methyl sites for hydroxylation is 1. The molecule has 3 nitrogen and oxygen atoms in total. The minimum atomic E-state index is -0.00456. The van der Waals surface area contributed by atoms with Gasteiger partial charge in [0, 0.05) is 6.54 Å². The van der Waals surface area contributed by atoms with E-state index in [9.17, 15) is 4.79 Å². The van der Waals surface area contributed by atoms with Crippen molar-refractivity contribution in [2.75, 3.05) is 6.54 Å². The first-order valence-corrected chi connectivity index (χ1v) is 9.75. The van der Waals surface area contributed by atoms with E-state index in [0.29, 0.717) is 33.2 Å². The molecule has 0 saturated carbocycles. The minimum absolute atomic E-state index is 0.00456. The molecule has 5 heteroatoms. The van der Waals surface area contributed by atoms with Crippen LogP contribution in [0, 0.1) is 12.8 Å². The molecule has 3 rings (SSSR count). The Morgan fingerprint density at radius 1 is 1.15 bits per heavy atom. The highest BCUT2D eigenvalue weighted by atomic mass is 35.5. The maximum atomic E-state index is 12.9. The third kappa shape index (κ3) is 4.37. The van der Waals surface area contributed by atoms with E-state index in [1.54, 1.807) is 11.0 Å². The second kappa shape index (κ2) is 8.11. The zero-order chi connectivity index (χ0) is 18.7. The number of amidine groups is 1. The number of hydrogen-bond acceptors (Lipinski definition) is 3. The molecule has 1 amide bonds. The Kier molecular flexibility index (Phi) is 5.84. The van der Waals surface area contributed by atoms with Crippen LogP contribution in [0.15, 0.2) is 58.4 Å². The van der Waals surface area contributed by atoms with Crippen LogP contribution < -0.4 is 0 Å². The van der Waals surface area contributed by atoms with Crippen molar-refractivity contribution in [1.82, 2.24) is 4.90 Å². The number of amides is 1. The molecule has 0 aliphatic carbocycles. The van der Waals surface area contributed by atoms with E-state index in [1.165, 1.54) is 17.3 Å². The van der Waals surface area contributed by atoms with Crippen LogP contribution in [0.3, 0.4) is 0 Å². The highest BCUT2D eigenvalue weighted by Gasteiger charge is 2.33. The van der Waals surface area contributed by atoms with Crippen molar-refractivity contribution in [3.8, 4) is 0 Å². The van der Waals surface area contributed by atoms with Gasteiger partial charge in [-0.25, -0.2) is 4.99 Å². The number of nitrogens with zero attached hydrogens (tertiary/aromatic N) is 2. The van der Waals surface area contributed by atoms with E-state index in [0.717, 1.165) is 5.56 Å². The third-order valence-corrected chi connectivity index (χ3v) is 5.21. The van der Waals surface area contributed by atoms with Gasteiger partial charge < -0.3 is 0 Å². The maximum absolute atomic E-state index is 12.9. The molecule has 1 aliphatic heterocycles. The van der Waals surface area contributed by atoms with Gasteiger partial charge in [-0.3, -0.25) is 9.69 Å². The van der Waals surface area contributed by atoms with E-state index in [4.69, 9.17) is 11.6 Å². The van der Waals surface area contributed by atoms with E-state index in [-0.39, 0.29) is 5.91 Å². The van der Waals surface area contributed by atoms with Crippen LogP contribution in [0.4, 0.5) is 5.69 Å². The molecule has 2 aromatic rings. The van der Waals surface area contributed by atoms with Crippen LogP contribution >= 0.6 is 23.4 Å². The lowest BCUT2D eigenvalue weighted by Gasteiger charge is -2.17. The second-order valence-corrected chi connectivity index (χ2v) is 8.09. The molecule has 0 spiro atoms. The van der Waals surface area contributed by atoms with Crippen molar-refractivity contribution in [2.45, 2.75) is 20.8 Å². The average Bonchev–Trinajstić information content (AvgIpc) is 2.87. The Morgan fingerprint density at radius 3 is 2.50 bits per heavy atom. The van der Waals surface area contributed by atoms with Crippen molar-refractivity contribution in [1.29, 1.82) is 0 Å². The van der Waals surface area contributed by atoms with Crippen LogP contribution in [-0.4, -0.2) is 22.5 Å². The van der Waals surface area contributed by atoms with Crippen LogP contribution in [0.25, 0.3) is 6.08 Å². The SMILES string of the molecule is Cc1ccc(/C=C2\SC(=Nc3ccccc3Cl)N(CC(C)C)C2=O)cc1. The molecule has 0 aromatic heterocycles. The first kappa shape index (κ1) is 18.7. The van der Waals surface area contributed by atoms with Crippen molar-refractivity contribution in [2.24, 2.45) is 10.9 Å². The van der Waals surface area contributed by atoms with E-state index >= 15 is 0 Å². The van der Waals surface area contributed by atoms with Crippen LogP contribution in [0.2, 0.25) is 5.02 Å². The lowest BCUT2D eigenvalue weighted by molar-refractivity contribution is -0.122. The number of para-hydroxylation sites is 1. The quantitative estimate of drug-likeness (QED) is 0.614. The van der Waals surface area contributed by atoms with Gasteiger partial charge in [-0.1, -0.05) is 67.4 Å². The topological polar surface area (TPSA) is 32.7 Å². The summed E-state index contributed by atoms with van der Waals surface area (Å²) in [5, 5.41) is 1.25. The largest absolute Gasteiger partial charge is 0.286 e. The maximum Gasteiger partial charge on any atom is 0.266 e. The van der Waals surface area contributed by atoms with Crippen molar-refractivity contribution < 1.29 is 4.79 Å². The number of carbonyl (C=O) groups excluding carboxylic acids is 1. The highest BCUT2D eigenvalue weighted by molar-refractivity contribution is 8.18. The summed E-state index contributed by atoms with van der Waals surface area (Å²) in [6.07, 6.45) is 1.93. The zero-order valence-electron chi connectivity index (χ0n) is 15.1. The van der Waals surface area contributed by atoms with Gasteiger partial charge in [-0.15, -0.1) is 0 Å². The lowest BCUT2D eigenvalue weighted by atomic mass is 10.1. The number of hydrogen-bond donors (Lipinski definition) is 0. The molecule has 1 aliphatic rings. The summed E-state index contributed by atoms with van der Waals surface area (Å²) < 4.78 is 0. The van der Waals surface area contributed by atoms with Crippen LogP contribution in [-0.2, 0) is 4.79 Å². The van der Waals surface area contributed by atoms with Gasteiger partial charge >= 0.3 is 0 Å². The fourth-order valence-corrected chi connectivity index (χ4v) is 3.76. The van der Waals surface area contributed by atoms with Crippen LogP contribution in [0.5, 0.6) is 0 Å². The first-order valence-electron chi connectivity index (χ1n) is 8.55. The summed E-state index contributed by atoms with van der Waals surface area (Å²) in [5.74, 6) is 0.338. The molecule has 134 valence electrons. The Labute approximate surface area is 163 Å². The van der Waals surface area contributed by atoms with Gasteiger partial charge in [-0.2, -0.15) is 0 Å². The van der Waals surface area contributed by atoms with Crippen molar-refractivity contribution in [3.05, 3.63) is 69.6 Å². The summed E-state index contributed by atoms with van der Waals surface area (Å²) in [5.41, 5.74) is 2.88. The second-order valence-electron chi connectivity index (χ2n) is 6.68. The molecular weight excluding hydrogens is 364 g/mol. The summed E-state index contributed by atoms with van der Waals surface area (Å²) in [7, 11) is 0. The van der Waals surface area contributed by atoms with Gasteiger partial charge in [0.2, 0.25) is 0 Å². The van der Waals surface area contributed by atoms with Gasteiger partial charge in [0.15, 0.2) is 5.17 Å². The fraction of sp³-hybridized carbons (Fsp3) is 0.238. The highest BCUT2D eigenvalue weighted by Crippen LogP contribution is 2.36. The Bertz CT molecular complexity index is 872. The Morgan fingerprint density at radius 2 is 1.85 bits per heavy atom. The number of aliphatic imine (C=N–C) groups is 1. The normalized spacial score (nSPS) is 17.7. The third-order valence-electron chi connectivity index (χ3n) is 3.88. The summed E-state index contributed by atoms with van der Waals surface area (Å²) in [6.45, 7) is 6.85.